The highest BCUT2D eigenvalue weighted by Gasteiger charge is 2.27. The molecule has 0 saturated heterocycles. The molecule has 1 aliphatic heterocycles. The number of fused-ring (bicyclic) bond motifs is 1. The summed E-state index contributed by atoms with van der Waals surface area (Å²) in [5.74, 6) is 1.80. The van der Waals surface area contributed by atoms with Gasteiger partial charge in [-0.2, -0.15) is 10.4 Å². The van der Waals surface area contributed by atoms with Crippen LogP contribution >= 0.6 is 0 Å². The Balaban J connectivity index is 1.78. The molecule has 0 spiro atoms. The number of aromatic nitrogens is 2. The summed E-state index contributed by atoms with van der Waals surface area (Å²) in [6.45, 7) is 1.01. The number of nitrogens with zero attached hydrogens (tertiary/aromatic N) is 3. The van der Waals surface area contributed by atoms with E-state index >= 15 is 0 Å². The van der Waals surface area contributed by atoms with Gasteiger partial charge >= 0.3 is 0 Å². The molecule has 0 amide bonds. The molecule has 24 heavy (non-hydrogen) atoms. The fourth-order valence-corrected chi connectivity index (χ4v) is 4.10. The lowest BCUT2D eigenvalue weighted by Gasteiger charge is -2.20. The van der Waals surface area contributed by atoms with Gasteiger partial charge < -0.3 is 5.32 Å². The standard InChI is InChI=1S/C20H24N4/c21-14-15-9-11-17(12-10-15)24-20-18(8-4-5-13-22-20)19(23-24)16-6-2-1-3-7-16/h9-12,16,22H,1-8,13H2. The quantitative estimate of drug-likeness (QED) is 0.884. The van der Waals surface area contributed by atoms with E-state index in [2.05, 4.69) is 16.1 Å². The maximum Gasteiger partial charge on any atom is 0.133 e. The van der Waals surface area contributed by atoms with Gasteiger partial charge in [0.05, 0.1) is 23.0 Å². The molecule has 0 atom stereocenters. The minimum absolute atomic E-state index is 0.618. The summed E-state index contributed by atoms with van der Waals surface area (Å²) in [5, 5.41) is 17.7. The van der Waals surface area contributed by atoms with Crippen LogP contribution in [0.3, 0.4) is 0 Å². The topological polar surface area (TPSA) is 53.6 Å². The summed E-state index contributed by atoms with van der Waals surface area (Å²) in [4.78, 5) is 0. The highest BCUT2D eigenvalue weighted by atomic mass is 15.3. The molecule has 1 aromatic carbocycles. The largest absolute Gasteiger partial charge is 0.370 e. The lowest BCUT2D eigenvalue weighted by molar-refractivity contribution is 0.432. The van der Waals surface area contributed by atoms with Crippen molar-refractivity contribution in [3.8, 4) is 11.8 Å². The molecule has 124 valence electrons. The molecule has 2 heterocycles. The van der Waals surface area contributed by atoms with Crippen LogP contribution in [0.4, 0.5) is 5.82 Å². The number of hydrogen-bond donors (Lipinski definition) is 1. The van der Waals surface area contributed by atoms with E-state index in [4.69, 9.17) is 10.4 Å². The van der Waals surface area contributed by atoms with Crippen LogP contribution in [0.25, 0.3) is 5.69 Å². The van der Waals surface area contributed by atoms with Gasteiger partial charge in [-0.1, -0.05) is 19.3 Å². The third-order valence-electron chi connectivity index (χ3n) is 5.39. The maximum absolute atomic E-state index is 9.02. The van der Waals surface area contributed by atoms with Crippen LogP contribution < -0.4 is 5.32 Å². The second kappa shape index (κ2) is 6.68. The van der Waals surface area contributed by atoms with E-state index in [9.17, 15) is 0 Å². The monoisotopic (exact) mass is 320 g/mol. The molecule has 1 N–H and O–H groups in total. The fraction of sp³-hybridized carbons (Fsp3) is 0.500. The Bertz CT molecular complexity index is 745. The molecular formula is C20H24N4. The molecule has 4 heteroatoms. The first-order valence-electron chi connectivity index (χ1n) is 9.23. The van der Waals surface area contributed by atoms with E-state index in [1.807, 2.05) is 24.3 Å². The lowest BCUT2D eigenvalue weighted by atomic mass is 9.85. The summed E-state index contributed by atoms with van der Waals surface area (Å²) < 4.78 is 2.08. The Morgan fingerprint density at radius 3 is 2.58 bits per heavy atom. The third kappa shape index (κ3) is 2.80. The van der Waals surface area contributed by atoms with Gasteiger partial charge in [-0.15, -0.1) is 0 Å². The normalized spacial score (nSPS) is 18.3. The van der Waals surface area contributed by atoms with Crippen molar-refractivity contribution in [3.05, 3.63) is 41.1 Å². The van der Waals surface area contributed by atoms with Gasteiger partial charge in [-0.05, 0) is 56.4 Å². The zero-order valence-corrected chi connectivity index (χ0v) is 14.1. The third-order valence-corrected chi connectivity index (χ3v) is 5.39. The van der Waals surface area contributed by atoms with Gasteiger partial charge in [0.15, 0.2) is 0 Å². The minimum Gasteiger partial charge on any atom is -0.370 e. The Kier molecular flexibility index (Phi) is 4.25. The lowest BCUT2D eigenvalue weighted by Crippen LogP contribution is -2.08. The predicted octanol–water partition coefficient (Wildman–Crippen LogP) is 4.54. The maximum atomic E-state index is 9.02. The van der Waals surface area contributed by atoms with Gasteiger partial charge in [0.1, 0.15) is 5.82 Å². The molecule has 2 aliphatic rings. The number of rotatable bonds is 2. The Morgan fingerprint density at radius 1 is 1.04 bits per heavy atom. The van der Waals surface area contributed by atoms with Crippen LogP contribution in [0.5, 0.6) is 0 Å². The average molecular weight is 320 g/mol. The van der Waals surface area contributed by atoms with E-state index in [0.29, 0.717) is 11.5 Å². The molecule has 0 radical (unpaired) electrons. The van der Waals surface area contributed by atoms with Crippen LogP contribution in [0.2, 0.25) is 0 Å². The fourth-order valence-electron chi connectivity index (χ4n) is 4.10. The van der Waals surface area contributed by atoms with Gasteiger partial charge in [0, 0.05) is 18.0 Å². The number of nitrogens with one attached hydrogen (secondary N) is 1. The van der Waals surface area contributed by atoms with Crippen LogP contribution in [0.1, 0.15) is 67.7 Å². The van der Waals surface area contributed by atoms with Gasteiger partial charge in [-0.25, -0.2) is 4.68 Å². The van der Waals surface area contributed by atoms with Crippen LogP contribution in [-0.4, -0.2) is 16.3 Å². The Hall–Kier alpha value is -2.28. The minimum atomic E-state index is 0.618. The zero-order valence-electron chi connectivity index (χ0n) is 14.1. The first-order valence-corrected chi connectivity index (χ1v) is 9.23. The molecule has 1 fully saturated rings. The summed E-state index contributed by atoms with van der Waals surface area (Å²) in [7, 11) is 0. The van der Waals surface area contributed by atoms with Crippen molar-refractivity contribution in [2.45, 2.75) is 57.3 Å². The summed E-state index contributed by atoms with van der Waals surface area (Å²) in [5.41, 5.74) is 4.49. The van der Waals surface area contributed by atoms with Crippen molar-refractivity contribution in [1.82, 2.24) is 9.78 Å². The summed E-state index contributed by atoms with van der Waals surface area (Å²) in [6.07, 6.45) is 10.2. The molecule has 1 saturated carbocycles. The first kappa shape index (κ1) is 15.3. The number of benzene rings is 1. The van der Waals surface area contributed by atoms with E-state index in [0.717, 1.165) is 18.7 Å². The Morgan fingerprint density at radius 2 is 1.83 bits per heavy atom. The Labute approximate surface area is 143 Å². The molecule has 1 aromatic heterocycles. The number of nitriles is 1. The molecule has 2 aromatic rings. The van der Waals surface area contributed by atoms with Crippen molar-refractivity contribution in [3.63, 3.8) is 0 Å². The van der Waals surface area contributed by atoms with Gasteiger partial charge in [0.25, 0.3) is 0 Å². The highest BCUT2D eigenvalue weighted by molar-refractivity contribution is 5.55. The number of hydrogen-bond acceptors (Lipinski definition) is 3. The summed E-state index contributed by atoms with van der Waals surface area (Å²) >= 11 is 0. The summed E-state index contributed by atoms with van der Waals surface area (Å²) in [6, 6.07) is 9.95. The van der Waals surface area contributed by atoms with Crippen LogP contribution in [0.15, 0.2) is 24.3 Å². The van der Waals surface area contributed by atoms with E-state index < -0.39 is 0 Å². The van der Waals surface area contributed by atoms with Crippen molar-refractivity contribution in [2.75, 3.05) is 11.9 Å². The SMILES string of the molecule is N#Cc1ccc(-n2nc(C3CCCCC3)c3c2NCCCC3)cc1. The first-order chi connectivity index (χ1) is 11.9. The second-order valence-corrected chi connectivity index (χ2v) is 7.00. The van der Waals surface area contributed by atoms with E-state index in [1.165, 1.54) is 62.0 Å². The van der Waals surface area contributed by atoms with E-state index in [1.54, 1.807) is 0 Å². The second-order valence-electron chi connectivity index (χ2n) is 7.00. The van der Waals surface area contributed by atoms with Crippen molar-refractivity contribution >= 4 is 5.82 Å². The van der Waals surface area contributed by atoms with Gasteiger partial charge in [-0.3, -0.25) is 0 Å². The average Bonchev–Trinajstić information content (AvgIpc) is 2.84. The van der Waals surface area contributed by atoms with Crippen LogP contribution in [-0.2, 0) is 6.42 Å². The van der Waals surface area contributed by atoms with E-state index in [-0.39, 0.29) is 0 Å². The highest BCUT2D eigenvalue weighted by Crippen LogP contribution is 2.38. The van der Waals surface area contributed by atoms with Crippen molar-refractivity contribution < 1.29 is 0 Å². The molecule has 4 nitrogen and oxygen atoms in total. The zero-order chi connectivity index (χ0) is 16.4. The molecule has 1 aliphatic carbocycles. The van der Waals surface area contributed by atoms with Crippen molar-refractivity contribution in [2.24, 2.45) is 0 Å². The van der Waals surface area contributed by atoms with Crippen molar-refractivity contribution in [1.29, 1.82) is 5.26 Å². The smallest absolute Gasteiger partial charge is 0.133 e. The molecule has 0 unspecified atom stereocenters. The van der Waals surface area contributed by atoms with Crippen LogP contribution in [0, 0.1) is 11.3 Å². The molecular weight excluding hydrogens is 296 g/mol. The molecule has 0 bridgehead atoms. The van der Waals surface area contributed by atoms with Gasteiger partial charge in [0.2, 0.25) is 0 Å². The predicted molar refractivity (Wildman–Crippen MR) is 95.5 cm³/mol. The number of anilines is 1. The molecule has 4 rings (SSSR count).